The van der Waals surface area contributed by atoms with E-state index in [1.807, 2.05) is 0 Å². The predicted molar refractivity (Wildman–Crippen MR) is 116 cm³/mol. The molecule has 0 saturated heterocycles. The van der Waals surface area contributed by atoms with E-state index in [0.717, 1.165) is 0 Å². The minimum absolute atomic E-state index is 0.0591. The SMILES string of the molecule is NC1(c2ccc(Cl)cc2)Nc2ccc([N+](=O)[O-])cc2N=C1Nc1ccc(Cl)cc1. The quantitative estimate of drug-likeness (QED) is 0.389. The number of nitro benzene ring substituents is 1. The third-order valence-corrected chi connectivity index (χ3v) is 5.04. The predicted octanol–water partition coefficient (Wildman–Crippen LogP) is 5.28. The van der Waals surface area contributed by atoms with Gasteiger partial charge in [0.05, 0.1) is 16.3 Å². The summed E-state index contributed by atoms with van der Waals surface area (Å²) in [5.74, 6) is 0.371. The van der Waals surface area contributed by atoms with Crippen LogP contribution in [0.4, 0.5) is 22.7 Å². The molecule has 0 fully saturated rings. The number of non-ortho nitro benzene ring substituents is 1. The van der Waals surface area contributed by atoms with Gasteiger partial charge < -0.3 is 10.6 Å². The molecule has 3 aromatic carbocycles. The zero-order chi connectivity index (χ0) is 20.6. The van der Waals surface area contributed by atoms with Crippen LogP contribution in [-0.2, 0) is 5.66 Å². The summed E-state index contributed by atoms with van der Waals surface area (Å²) in [6, 6.07) is 18.5. The van der Waals surface area contributed by atoms with Crippen LogP contribution in [0.5, 0.6) is 0 Å². The molecule has 4 rings (SSSR count). The lowest BCUT2D eigenvalue weighted by Gasteiger charge is -2.37. The summed E-state index contributed by atoms with van der Waals surface area (Å²) in [4.78, 5) is 15.3. The normalized spacial score (nSPS) is 17.7. The Labute approximate surface area is 176 Å². The van der Waals surface area contributed by atoms with Gasteiger partial charge >= 0.3 is 0 Å². The van der Waals surface area contributed by atoms with Gasteiger partial charge in [-0.05, 0) is 48.0 Å². The monoisotopic (exact) mass is 427 g/mol. The van der Waals surface area contributed by atoms with Crippen LogP contribution in [0.25, 0.3) is 0 Å². The molecular weight excluding hydrogens is 413 g/mol. The molecule has 7 nitrogen and oxygen atoms in total. The van der Waals surface area contributed by atoms with Gasteiger partial charge in [0.2, 0.25) is 0 Å². The number of halogens is 2. The van der Waals surface area contributed by atoms with Crippen molar-refractivity contribution in [2.45, 2.75) is 5.66 Å². The fraction of sp³-hybridized carbons (Fsp3) is 0.0500. The first-order valence-corrected chi connectivity index (χ1v) is 9.34. The number of nitrogens with zero attached hydrogens (tertiary/aromatic N) is 2. The minimum atomic E-state index is -1.21. The van der Waals surface area contributed by atoms with E-state index in [1.54, 1.807) is 54.6 Å². The molecule has 1 aliphatic heterocycles. The molecule has 0 aromatic heterocycles. The molecule has 0 saturated carbocycles. The zero-order valence-electron chi connectivity index (χ0n) is 14.9. The highest BCUT2D eigenvalue weighted by molar-refractivity contribution is 6.31. The molecule has 0 spiro atoms. The second-order valence-corrected chi connectivity index (χ2v) is 7.36. The Morgan fingerprint density at radius 2 is 1.62 bits per heavy atom. The van der Waals surface area contributed by atoms with E-state index in [9.17, 15) is 10.1 Å². The number of amidine groups is 1. The molecule has 0 radical (unpaired) electrons. The maximum Gasteiger partial charge on any atom is 0.271 e. The van der Waals surface area contributed by atoms with E-state index in [2.05, 4.69) is 15.6 Å². The molecule has 146 valence electrons. The summed E-state index contributed by atoms with van der Waals surface area (Å²) in [6.45, 7) is 0. The number of anilines is 2. The lowest BCUT2D eigenvalue weighted by Crippen LogP contribution is -2.55. The van der Waals surface area contributed by atoms with Crippen molar-refractivity contribution in [1.82, 2.24) is 0 Å². The minimum Gasteiger partial charge on any atom is -0.356 e. The van der Waals surface area contributed by atoms with Crippen molar-refractivity contribution in [2.24, 2.45) is 10.7 Å². The third kappa shape index (κ3) is 3.75. The van der Waals surface area contributed by atoms with Gasteiger partial charge in [-0.25, -0.2) is 4.99 Å². The Kier molecular flexibility index (Phi) is 4.87. The second-order valence-electron chi connectivity index (χ2n) is 6.49. The van der Waals surface area contributed by atoms with Crippen LogP contribution in [0.1, 0.15) is 5.56 Å². The number of fused-ring (bicyclic) bond motifs is 1. The molecule has 3 aromatic rings. The third-order valence-electron chi connectivity index (χ3n) is 4.54. The van der Waals surface area contributed by atoms with E-state index in [0.29, 0.717) is 38.5 Å². The lowest BCUT2D eigenvalue weighted by molar-refractivity contribution is -0.384. The lowest BCUT2D eigenvalue weighted by atomic mass is 9.96. The van der Waals surface area contributed by atoms with Gasteiger partial charge in [-0.3, -0.25) is 15.8 Å². The Balaban J connectivity index is 1.83. The summed E-state index contributed by atoms with van der Waals surface area (Å²) >= 11 is 12.0. The first-order chi connectivity index (χ1) is 13.8. The summed E-state index contributed by atoms with van der Waals surface area (Å²) in [6.07, 6.45) is 0. The topological polar surface area (TPSA) is 106 Å². The molecule has 1 heterocycles. The van der Waals surface area contributed by atoms with Gasteiger partial charge in [-0.2, -0.15) is 0 Å². The van der Waals surface area contributed by atoms with E-state index < -0.39 is 10.6 Å². The first kappa shape index (κ1) is 19.2. The van der Waals surface area contributed by atoms with Crippen molar-refractivity contribution in [3.05, 3.63) is 92.5 Å². The number of benzene rings is 3. The summed E-state index contributed by atoms with van der Waals surface area (Å²) in [5.41, 5.74) is 7.90. The van der Waals surface area contributed by atoms with Crippen molar-refractivity contribution in [3.8, 4) is 0 Å². The summed E-state index contributed by atoms with van der Waals surface area (Å²) in [5, 5.41) is 18.8. The molecule has 9 heteroatoms. The van der Waals surface area contributed by atoms with Crippen LogP contribution in [0.15, 0.2) is 71.7 Å². The molecular formula is C20H15Cl2N5O2. The van der Waals surface area contributed by atoms with Crippen LogP contribution in [-0.4, -0.2) is 10.8 Å². The molecule has 29 heavy (non-hydrogen) atoms. The van der Waals surface area contributed by atoms with Crippen LogP contribution < -0.4 is 16.4 Å². The maximum atomic E-state index is 11.1. The van der Waals surface area contributed by atoms with Crippen molar-refractivity contribution in [2.75, 3.05) is 10.6 Å². The molecule has 0 bridgehead atoms. The van der Waals surface area contributed by atoms with Gasteiger partial charge in [0.1, 0.15) is 0 Å². The first-order valence-electron chi connectivity index (χ1n) is 8.58. The van der Waals surface area contributed by atoms with Crippen molar-refractivity contribution in [3.63, 3.8) is 0 Å². The molecule has 1 atom stereocenters. The van der Waals surface area contributed by atoms with E-state index >= 15 is 0 Å². The van der Waals surface area contributed by atoms with E-state index in [4.69, 9.17) is 28.9 Å². The Morgan fingerprint density at radius 1 is 1.00 bits per heavy atom. The highest BCUT2D eigenvalue weighted by atomic mass is 35.5. The number of nitrogens with one attached hydrogen (secondary N) is 2. The molecule has 4 N–H and O–H groups in total. The smallest absolute Gasteiger partial charge is 0.271 e. The highest BCUT2D eigenvalue weighted by Gasteiger charge is 2.38. The Hall–Kier alpha value is -3.13. The molecule has 0 amide bonds. The zero-order valence-corrected chi connectivity index (χ0v) is 16.4. The summed E-state index contributed by atoms with van der Waals surface area (Å²) < 4.78 is 0. The fourth-order valence-electron chi connectivity index (χ4n) is 3.03. The number of rotatable bonds is 3. The van der Waals surface area contributed by atoms with Crippen LogP contribution in [0, 0.1) is 10.1 Å². The van der Waals surface area contributed by atoms with Gasteiger partial charge in [-0.15, -0.1) is 0 Å². The van der Waals surface area contributed by atoms with Crippen molar-refractivity contribution < 1.29 is 4.92 Å². The summed E-state index contributed by atoms with van der Waals surface area (Å²) in [7, 11) is 0. The van der Waals surface area contributed by atoms with E-state index in [1.165, 1.54) is 12.1 Å². The van der Waals surface area contributed by atoms with Crippen LogP contribution >= 0.6 is 23.2 Å². The van der Waals surface area contributed by atoms with E-state index in [-0.39, 0.29) is 5.69 Å². The van der Waals surface area contributed by atoms with Crippen molar-refractivity contribution >= 4 is 51.8 Å². The number of hydrogen-bond acceptors (Lipinski definition) is 6. The highest BCUT2D eigenvalue weighted by Crippen LogP contribution is 2.38. The van der Waals surface area contributed by atoms with Crippen molar-refractivity contribution in [1.29, 1.82) is 0 Å². The second kappa shape index (κ2) is 7.36. The largest absolute Gasteiger partial charge is 0.356 e. The van der Waals surface area contributed by atoms with Gasteiger partial charge in [-0.1, -0.05) is 35.3 Å². The number of aliphatic imine (C=N–C) groups is 1. The number of nitro groups is 1. The standard InChI is InChI=1S/C20H15Cl2N5O2/c21-13-3-1-12(2-4-13)20(23)19(24-15-7-5-14(22)6-8-15)25-18-11-16(27(28)29)9-10-17(18)26-20/h1-11,26H,23H2,(H,24,25). The molecule has 0 aliphatic carbocycles. The average Bonchev–Trinajstić information content (AvgIpc) is 2.70. The Morgan fingerprint density at radius 3 is 2.24 bits per heavy atom. The average molecular weight is 428 g/mol. The Bertz CT molecular complexity index is 1120. The van der Waals surface area contributed by atoms with Gasteiger partial charge in [0, 0.05) is 27.9 Å². The fourth-order valence-corrected chi connectivity index (χ4v) is 3.28. The van der Waals surface area contributed by atoms with Crippen LogP contribution in [0.3, 0.4) is 0 Å². The number of hydrogen-bond donors (Lipinski definition) is 3. The molecule has 1 aliphatic rings. The number of nitrogens with two attached hydrogens (primary N) is 1. The van der Waals surface area contributed by atoms with Gasteiger partial charge in [0.25, 0.3) is 5.69 Å². The molecule has 1 unspecified atom stereocenters. The maximum absolute atomic E-state index is 11.1. The van der Waals surface area contributed by atoms with Gasteiger partial charge in [0.15, 0.2) is 11.5 Å². The van der Waals surface area contributed by atoms with Crippen LogP contribution in [0.2, 0.25) is 10.0 Å².